The molecule has 0 aromatic heterocycles. The third-order valence-corrected chi connectivity index (χ3v) is 3.20. The van der Waals surface area contributed by atoms with Crippen molar-refractivity contribution in [2.24, 2.45) is 0 Å². The van der Waals surface area contributed by atoms with Gasteiger partial charge in [0.15, 0.2) is 0 Å². The van der Waals surface area contributed by atoms with Crippen LogP contribution in [0, 0.1) is 12.3 Å². The van der Waals surface area contributed by atoms with Crippen LogP contribution in [-0.2, 0) is 0 Å². The largest absolute Gasteiger partial charge is 0.341 e. The molecule has 0 N–H and O–H groups in total. The number of rotatable bonds is 2. The average Bonchev–Trinajstić information content (AvgIpc) is 2.39. The van der Waals surface area contributed by atoms with Gasteiger partial charge in [0.2, 0.25) is 0 Å². The van der Waals surface area contributed by atoms with Crippen LogP contribution in [0.15, 0.2) is 54.3 Å². The maximum absolute atomic E-state index is 5.91. The van der Waals surface area contributed by atoms with Gasteiger partial charge in [-0.3, -0.25) is 0 Å². The number of halogens is 1. The van der Waals surface area contributed by atoms with Crippen molar-refractivity contribution in [1.82, 2.24) is 4.90 Å². The molecule has 1 nitrogen and oxygen atoms in total. The Balaban J connectivity index is 2.46. The van der Waals surface area contributed by atoms with Gasteiger partial charge in [0, 0.05) is 28.5 Å². The van der Waals surface area contributed by atoms with Crippen molar-refractivity contribution >= 4 is 17.3 Å². The molecule has 0 atom stereocenters. The predicted octanol–water partition coefficient (Wildman–Crippen LogP) is 4.09. The summed E-state index contributed by atoms with van der Waals surface area (Å²) in [5.74, 6) is 2.65. The van der Waals surface area contributed by atoms with Gasteiger partial charge in [-0.05, 0) is 36.8 Å². The van der Waals surface area contributed by atoms with E-state index in [1.165, 1.54) is 0 Å². The van der Waals surface area contributed by atoms with E-state index in [0.717, 1.165) is 34.1 Å². The SMILES string of the molecule is C#CC1=CC=C(c2ccc(Cl)cc2)N(CC)C1=C. The first-order valence-electron chi connectivity index (χ1n) is 5.78. The lowest BCUT2D eigenvalue weighted by molar-refractivity contribution is 0.526. The van der Waals surface area contributed by atoms with E-state index in [0.29, 0.717) is 0 Å². The van der Waals surface area contributed by atoms with E-state index in [-0.39, 0.29) is 0 Å². The lowest BCUT2D eigenvalue weighted by Gasteiger charge is -2.30. The van der Waals surface area contributed by atoms with Crippen LogP contribution < -0.4 is 0 Å². The monoisotopic (exact) mass is 255 g/mol. The van der Waals surface area contributed by atoms with Gasteiger partial charge in [0.05, 0.1) is 0 Å². The van der Waals surface area contributed by atoms with Gasteiger partial charge < -0.3 is 4.90 Å². The minimum Gasteiger partial charge on any atom is -0.341 e. The Hall–Kier alpha value is -1.91. The number of hydrogen-bond acceptors (Lipinski definition) is 1. The molecule has 1 heterocycles. The molecule has 0 fully saturated rings. The van der Waals surface area contributed by atoms with Gasteiger partial charge in [0.1, 0.15) is 0 Å². The second kappa shape index (κ2) is 5.16. The fraction of sp³-hybridized carbons (Fsp3) is 0.125. The van der Waals surface area contributed by atoms with Crippen molar-refractivity contribution in [3.63, 3.8) is 0 Å². The summed E-state index contributed by atoms with van der Waals surface area (Å²) in [4.78, 5) is 2.11. The minimum atomic E-state index is 0.733. The van der Waals surface area contributed by atoms with Crippen molar-refractivity contribution in [3.8, 4) is 12.3 Å². The molecule has 1 aliphatic rings. The van der Waals surface area contributed by atoms with Crippen LogP contribution in [0.3, 0.4) is 0 Å². The lowest BCUT2D eigenvalue weighted by Crippen LogP contribution is -2.23. The van der Waals surface area contributed by atoms with Crippen molar-refractivity contribution in [2.75, 3.05) is 6.54 Å². The quantitative estimate of drug-likeness (QED) is 0.720. The first-order valence-corrected chi connectivity index (χ1v) is 6.16. The van der Waals surface area contributed by atoms with Gasteiger partial charge in [-0.1, -0.05) is 36.2 Å². The zero-order chi connectivity index (χ0) is 13.1. The highest BCUT2D eigenvalue weighted by Gasteiger charge is 2.18. The fourth-order valence-corrected chi connectivity index (χ4v) is 2.13. The van der Waals surface area contributed by atoms with E-state index in [4.69, 9.17) is 18.0 Å². The maximum Gasteiger partial charge on any atom is 0.0496 e. The summed E-state index contributed by atoms with van der Waals surface area (Å²) >= 11 is 5.91. The minimum absolute atomic E-state index is 0.733. The molecular weight excluding hydrogens is 242 g/mol. The van der Waals surface area contributed by atoms with E-state index in [1.54, 1.807) is 0 Å². The van der Waals surface area contributed by atoms with E-state index in [1.807, 2.05) is 36.4 Å². The second-order valence-corrected chi connectivity index (χ2v) is 4.41. The van der Waals surface area contributed by atoms with Crippen LogP contribution >= 0.6 is 11.6 Å². The van der Waals surface area contributed by atoms with Gasteiger partial charge in [-0.15, -0.1) is 6.42 Å². The topological polar surface area (TPSA) is 3.24 Å². The normalized spacial score (nSPS) is 14.9. The molecule has 0 aliphatic carbocycles. The molecule has 0 spiro atoms. The van der Waals surface area contributed by atoms with E-state index < -0.39 is 0 Å². The molecule has 0 saturated heterocycles. The molecule has 1 aromatic rings. The molecule has 0 amide bonds. The molecule has 1 aromatic carbocycles. The predicted molar refractivity (Wildman–Crippen MR) is 77.9 cm³/mol. The van der Waals surface area contributed by atoms with Crippen molar-refractivity contribution in [2.45, 2.75) is 6.92 Å². The van der Waals surface area contributed by atoms with Crippen LogP contribution in [0.2, 0.25) is 5.02 Å². The first-order chi connectivity index (χ1) is 8.67. The Kier molecular flexibility index (Phi) is 3.60. The Morgan fingerprint density at radius 2 is 1.94 bits per heavy atom. The number of nitrogens with zero attached hydrogens (tertiary/aromatic N) is 1. The Labute approximate surface area is 113 Å². The standard InChI is InChI=1S/C16H14ClN/c1-4-13-8-11-16(18(5-2)12(13)3)14-6-9-15(17)10-7-14/h1,6-11H,3,5H2,2H3. The van der Waals surface area contributed by atoms with Crippen LogP contribution in [0.4, 0.5) is 0 Å². The van der Waals surface area contributed by atoms with Crippen LogP contribution in [0.25, 0.3) is 5.70 Å². The number of allylic oxidation sites excluding steroid dienone is 3. The van der Waals surface area contributed by atoms with Crippen molar-refractivity contribution < 1.29 is 0 Å². The highest BCUT2D eigenvalue weighted by molar-refractivity contribution is 6.30. The smallest absolute Gasteiger partial charge is 0.0496 e. The number of benzene rings is 1. The van der Waals surface area contributed by atoms with Crippen molar-refractivity contribution in [3.05, 3.63) is 64.9 Å². The summed E-state index contributed by atoms with van der Waals surface area (Å²) in [6.07, 6.45) is 9.42. The Morgan fingerprint density at radius 1 is 1.28 bits per heavy atom. The second-order valence-electron chi connectivity index (χ2n) is 3.97. The van der Waals surface area contributed by atoms with Gasteiger partial charge in [0.25, 0.3) is 0 Å². The average molecular weight is 256 g/mol. The highest BCUT2D eigenvalue weighted by Crippen LogP contribution is 2.30. The summed E-state index contributed by atoms with van der Waals surface area (Å²) < 4.78 is 0. The molecule has 2 heteroatoms. The molecule has 0 unspecified atom stereocenters. The lowest BCUT2D eigenvalue weighted by atomic mass is 10.0. The van der Waals surface area contributed by atoms with E-state index in [9.17, 15) is 0 Å². The fourth-order valence-electron chi connectivity index (χ4n) is 2.00. The summed E-state index contributed by atoms with van der Waals surface area (Å²) in [5, 5.41) is 0.733. The van der Waals surface area contributed by atoms with E-state index >= 15 is 0 Å². The summed E-state index contributed by atoms with van der Waals surface area (Å²) in [5.41, 5.74) is 3.90. The van der Waals surface area contributed by atoms with Crippen LogP contribution in [-0.4, -0.2) is 11.4 Å². The molecule has 0 saturated carbocycles. The zero-order valence-corrected chi connectivity index (χ0v) is 11.0. The molecule has 0 radical (unpaired) electrons. The summed E-state index contributed by atoms with van der Waals surface area (Å²) in [7, 11) is 0. The van der Waals surface area contributed by atoms with Crippen LogP contribution in [0.1, 0.15) is 12.5 Å². The van der Waals surface area contributed by atoms with E-state index in [2.05, 4.69) is 24.3 Å². The van der Waals surface area contributed by atoms with Gasteiger partial charge in [-0.2, -0.15) is 0 Å². The first kappa shape index (κ1) is 12.5. The number of terminal acetylenes is 1. The van der Waals surface area contributed by atoms with Gasteiger partial charge >= 0.3 is 0 Å². The summed E-state index contributed by atoms with van der Waals surface area (Å²) in [6.45, 7) is 6.96. The molecule has 90 valence electrons. The molecule has 2 rings (SSSR count). The molecular formula is C16H14ClN. The molecule has 18 heavy (non-hydrogen) atoms. The zero-order valence-electron chi connectivity index (χ0n) is 10.3. The third kappa shape index (κ3) is 2.20. The third-order valence-electron chi connectivity index (χ3n) is 2.95. The van der Waals surface area contributed by atoms with Crippen LogP contribution in [0.5, 0.6) is 0 Å². The number of hydrogen-bond donors (Lipinski definition) is 0. The van der Waals surface area contributed by atoms with Gasteiger partial charge in [-0.25, -0.2) is 0 Å². The summed E-state index contributed by atoms with van der Waals surface area (Å²) in [6, 6.07) is 7.76. The highest BCUT2D eigenvalue weighted by atomic mass is 35.5. The number of likely N-dealkylation sites (N-methyl/N-ethyl adjacent to an activating group) is 1. The van der Waals surface area contributed by atoms with Crippen molar-refractivity contribution in [1.29, 1.82) is 0 Å². The maximum atomic E-state index is 5.91. The molecule has 1 aliphatic heterocycles. The Morgan fingerprint density at radius 3 is 2.50 bits per heavy atom. The molecule has 0 bridgehead atoms. The Bertz CT molecular complexity index is 570.